The van der Waals surface area contributed by atoms with E-state index in [9.17, 15) is 27.2 Å². The standard InChI is InChI=1S/C22H26F4N2O4/c1-3-32-18-17(12-28(20(18)30)13-22(24,25)26)19(29)27-16-8-10-21(31-2,11-9-16)14-4-6-15(23)7-5-14/h4-7,16H,3,8-13H2,1-2H3,(H,27,29). The Morgan fingerprint density at radius 1 is 1.22 bits per heavy atom. The highest BCUT2D eigenvalue weighted by molar-refractivity contribution is 6.07. The van der Waals surface area contributed by atoms with Crippen LogP contribution >= 0.6 is 0 Å². The largest absolute Gasteiger partial charge is 0.488 e. The molecule has 1 aromatic rings. The van der Waals surface area contributed by atoms with Gasteiger partial charge in [-0.05, 0) is 50.3 Å². The lowest BCUT2D eigenvalue weighted by molar-refractivity contribution is -0.157. The molecule has 10 heteroatoms. The Balaban J connectivity index is 1.66. The maximum absolute atomic E-state index is 13.3. The first kappa shape index (κ1) is 24.0. The van der Waals surface area contributed by atoms with E-state index in [0.717, 1.165) is 5.56 Å². The van der Waals surface area contributed by atoms with Gasteiger partial charge in [-0.25, -0.2) is 4.39 Å². The topological polar surface area (TPSA) is 67.9 Å². The second-order valence-electron chi connectivity index (χ2n) is 7.97. The van der Waals surface area contributed by atoms with Gasteiger partial charge in [-0.1, -0.05) is 12.1 Å². The summed E-state index contributed by atoms with van der Waals surface area (Å²) in [5, 5.41) is 2.82. The van der Waals surface area contributed by atoms with Crippen LogP contribution < -0.4 is 5.32 Å². The molecule has 2 amide bonds. The van der Waals surface area contributed by atoms with Crippen molar-refractivity contribution in [2.45, 2.75) is 50.4 Å². The van der Waals surface area contributed by atoms with Gasteiger partial charge in [0, 0.05) is 13.2 Å². The number of benzene rings is 1. The van der Waals surface area contributed by atoms with E-state index in [4.69, 9.17) is 9.47 Å². The van der Waals surface area contributed by atoms with Crippen molar-refractivity contribution in [3.8, 4) is 0 Å². The highest BCUT2D eigenvalue weighted by atomic mass is 19.4. The Hall–Kier alpha value is -2.62. The first-order valence-corrected chi connectivity index (χ1v) is 10.4. The van der Waals surface area contributed by atoms with E-state index < -0.39 is 36.7 Å². The van der Waals surface area contributed by atoms with Crippen LogP contribution in [0.5, 0.6) is 0 Å². The first-order chi connectivity index (χ1) is 15.1. The Labute approximate surface area is 183 Å². The number of hydrogen-bond acceptors (Lipinski definition) is 4. The number of hydrogen-bond donors (Lipinski definition) is 1. The number of methoxy groups -OCH3 is 1. The van der Waals surface area contributed by atoms with E-state index in [0.29, 0.717) is 30.6 Å². The fourth-order valence-corrected chi connectivity index (χ4v) is 4.28. The lowest BCUT2D eigenvalue weighted by Gasteiger charge is -2.39. The molecule has 0 radical (unpaired) electrons. The fraction of sp³-hybridized carbons (Fsp3) is 0.545. The van der Waals surface area contributed by atoms with Gasteiger partial charge in [0.25, 0.3) is 11.8 Å². The van der Waals surface area contributed by atoms with E-state index in [1.54, 1.807) is 26.2 Å². The van der Waals surface area contributed by atoms with Crippen molar-refractivity contribution < 1.29 is 36.6 Å². The molecule has 1 aliphatic heterocycles. The molecule has 1 aromatic carbocycles. The van der Waals surface area contributed by atoms with Gasteiger partial charge in [-0.3, -0.25) is 9.59 Å². The van der Waals surface area contributed by atoms with Gasteiger partial charge in [0.05, 0.1) is 24.3 Å². The molecule has 0 bridgehead atoms. The minimum Gasteiger partial charge on any atom is -0.488 e. The third-order valence-corrected chi connectivity index (χ3v) is 5.93. The summed E-state index contributed by atoms with van der Waals surface area (Å²) in [6, 6.07) is 5.85. The summed E-state index contributed by atoms with van der Waals surface area (Å²) < 4.78 is 62.6. The number of rotatable bonds is 7. The molecule has 32 heavy (non-hydrogen) atoms. The molecule has 3 rings (SSSR count). The van der Waals surface area contributed by atoms with Crippen LogP contribution in [-0.2, 0) is 24.7 Å². The van der Waals surface area contributed by atoms with E-state index >= 15 is 0 Å². The minimum atomic E-state index is -4.58. The lowest BCUT2D eigenvalue weighted by Crippen LogP contribution is -2.44. The summed E-state index contributed by atoms with van der Waals surface area (Å²) in [5.41, 5.74) is 0.150. The number of amides is 2. The highest BCUT2D eigenvalue weighted by Crippen LogP contribution is 2.40. The summed E-state index contributed by atoms with van der Waals surface area (Å²) in [4.78, 5) is 25.7. The predicted octanol–water partition coefficient (Wildman–Crippen LogP) is 3.42. The van der Waals surface area contributed by atoms with Crippen LogP contribution in [0.4, 0.5) is 17.6 Å². The predicted molar refractivity (Wildman–Crippen MR) is 107 cm³/mol. The van der Waals surface area contributed by atoms with Crippen molar-refractivity contribution in [2.24, 2.45) is 0 Å². The number of alkyl halides is 3. The zero-order chi connectivity index (χ0) is 23.5. The van der Waals surface area contributed by atoms with Crippen LogP contribution in [0.3, 0.4) is 0 Å². The maximum Gasteiger partial charge on any atom is 0.406 e. The molecule has 0 unspecified atom stereocenters. The van der Waals surface area contributed by atoms with E-state index in [1.165, 1.54) is 12.1 Å². The SMILES string of the molecule is CCOC1=C(C(=O)NC2CCC(OC)(c3ccc(F)cc3)CC2)CN(CC(F)(F)F)C1=O. The smallest absolute Gasteiger partial charge is 0.406 e. The van der Waals surface area contributed by atoms with Crippen LogP contribution in [0.1, 0.15) is 38.2 Å². The zero-order valence-electron chi connectivity index (χ0n) is 17.9. The maximum atomic E-state index is 13.3. The fourth-order valence-electron chi connectivity index (χ4n) is 4.28. The summed E-state index contributed by atoms with van der Waals surface area (Å²) in [5.74, 6) is -2.22. The molecule has 1 saturated carbocycles. The minimum absolute atomic E-state index is 0.0508. The normalized spacial score (nSPS) is 24.1. The zero-order valence-corrected chi connectivity index (χ0v) is 17.9. The number of carbonyl (C=O) groups is 2. The van der Waals surface area contributed by atoms with Crippen molar-refractivity contribution in [3.05, 3.63) is 47.0 Å². The molecule has 0 atom stereocenters. The monoisotopic (exact) mass is 458 g/mol. The Morgan fingerprint density at radius 2 is 1.84 bits per heavy atom. The summed E-state index contributed by atoms with van der Waals surface area (Å²) in [6.45, 7) is -0.265. The van der Waals surface area contributed by atoms with Gasteiger partial charge in [-0.2, -0.15) is 13.2 Å². The molecule has 176 valence electrons. The Morgan fingerprint density at radius 3 is 2.38 bits per heavy atom. The van der Waals surface area contributed by atoms with Crippen LogP contribution in [0.25, 0.3) is 0 Å². The number of ether oxygens (including phenoxy) is 2. The molecule has 0 saturated heterocycles. The molecule has 1 N–H and O–H groups in total. The third kappa shape index (κ3) is 5.23. The number of nitrogens with one attached hydrogen (secondary N) is 1. The van der Waals surface area contributed by atoms with Gasteiger partial charge < -0.3 is 19.7 Å². The van der Waals surface area contributed by atoms with Crippen molar-refractivity contribution in [1.82, 2.24) is 10.2 Å². The van der Waals surface area contributed by atoms with E-state index in [1.807, 2.05) is 0 Å². The second kappa shape index (κ2) is 9.48. The average Bonchev–Trinajstić information content (AvgIpc) is 3.04. The van der Waals surface area contributed by atoms with E-state index in [2.05, 4.69) is 5.32 Å². The molecule has 2 aliphatic rings. The molecule has 1 fully saturated rings. The van der Waals surface area contributed by atoms with Gasteiger partial charge in [0.1, 0.15) is 12.4 Å². The number of nitrogens with zero attached hydrogens (tertiary/aromatic N) is 1. The molecule has 0 spiro atoms. The quantitative estimate of drug-likeness (QED) is 0.636. The molecule has 1 aliphatic carbocycles. The molecule has 1 heterocycles. The van der Waals surface area contributed by atoms with Crippen molar-refractivity contribution in [1.29, 1.82) is 0 Å². The van der Waals surface area contributed by atoms with Gasteiger partial charge >= 0.3 is 6.18 Å². The summed E-state index contributed by atoms with van der Waals surface area (Å²) in [7, 11) is 1.58. The van der Waals surface area contributed by atoms with Crippen LogP contribution in [0.15, 0.2) is 35.6 Å². The summed E-state index contributed by atoms with van der Waals surface area (Å²) in [6.07, 6.45) is -2.35. The number of halogens is 4. The third-order valence-electron chi connectivity index (χ3n) is 5.93. The molecule has 6 nitrogen and oxygen atoms in total. The van der Waals surface area contributed by atoms with Gasteiger partial charge in [0.2, 0.25) is 0 Å². The van der Waals surface area contributed by atoms with Gasteiger partial charge in [0.15, 0.2) is 5.76 Å². The van der Waals surface area contributed by atoms with Gasteiger partial charge in [-0.15, -0.1) is 0 Å². The van der Waals surface area contributed by atoms with Crippen molar-refractivity contribution >= 4 is 11.8 Å². The molecular weight excluding hydrogens is 432 g/mol. The molecular formula is C22H26F4N2O4. The van der Waals surface area contributed by atoms with Crippen molar-refractivity contribution in [2.75, 3.05) is 26.8 Å². The molecule has 0 aromatic heterocycles. The first-order valence-electron chi connectivity index (χ1n) is 10.4. The lowest BCUT2D eigenvalue weighted by atomic mass is 9.77. The number of carbonyl (C=O) groups excluding carboxylic acids is 2. The van der Waals surface area contributed by atoms with Crippen LogP contribution in [-0.4, -0.2) is 55.7 Å². The van der Waals surface area contributed by atoms with Crippen LogP contribution in [0, 0.1) is 5.82 Å². The summed E-state index contributed by atoms with van der Waals surface area (Å²) >= 11 is 0. The highest BCUT2D eigenvalue weighted by Gasteiger charge is 2.43. The Bertz CT molecular complexity index is 875. The Kier molecular flexibility index (Phi) is 7.12. The van der Waals surface area contributed by atoms with Crippen LogP contribution in [0.2, 0.25) is 0 Å². The average molecular weight is 458 g/mol. The second-order valence-corrected chi connectivity index (χ2v) is 7.97. The van der Waals surface area contributed by atoms with Crippen molar-refractivity contribution in [3.63, 3.8) is 0 Å². The van der Waals surface area contributed by atoms with E-state index in [-0.39, 0.29) is 29.8 Å².